The van der Waals surface area contributed by atoms with Gasteiger partial charge in [0.15, 0.2) is 5.78 Å². The molecule has 17 heavy (non-hydrogen) atoms. The largest absolute Gasteiger partial charge is 0.294 e. The third kappa shape index (κ3) is 2.10. The predicted octanol–water partition coefficient (Wildman–Crippen LogP) is 3.90. The summed E-state index contributed by atoms with van der Waals surface area (Å²) in [6.07, 6.45) is 6.55. The van der Waals surface area contributed by atoms with E-state index in [2.05, 4.69) is 32.1 Å². The molecule has 1 aromatic rings. The molecule has 1 aliphatic rings. The lowest BCUT2D eigenvalue weighted by atomic mass is 9.71. The molecule has 2 rings (SSSR count). The van der Waals surface area contributed by atoms with Crippen LogP contribution in [0.5, 0.6) is 0 Å². The molecule has 1 aliphatic carbocycles. The molecule has 0 aromatic heterocycles. The number of ketones is 1. The summed E-state index contributed by atoms with van der Waals surface area (Å²) in [6.45, 7) is 6.17. The van der Waals surface area contributed by atoms with E-state index in [-0.39, 0.29) is 5.78 Å². The van der Waals surface area contributed by atoms with Crippen LogP contribution in [0.3, 0.4) is 0 Å². The molecule has 0 fully saturated rings. The van der Waals surface area contributed by atoms with Crippen LogP contribution in [0.15, 0.2) is 42.0 Å². The molecule has 0 spiro atoms. The molecular weight excluding hydrogens is 208 g/mol. The van der Waals surface area contributed by atoms with Gasteiger partial charge in [-0.1, -0.05) is 42.0 Å². The molecule has 0 saturated carbocycles. The first kappa shape index (κ1) is 11.8. The number of rotatable bonds is 2. The van der Waals surface area contributed by atoms with Gasteiger partial charge in [-0.2, -0.15) is 0 Å². The molecule has 88 valence electrons. The zero-order valence-electron chi connectivity index (χ0n) is 10.7. The minimum absolute atomic E-state index is 0.203. The molecule has 1 atom stereocenters. The Hall–Kier alpha value is -1.63. The number of hydrogen-bond donors (Lipinski definition) is 0. The minimum Gasteiger partial charge on any atom is -0.294 e. The Bertz CT molecular complexity index is 504. The summed E-state index contributed by atoms with van der Waals surface area (Å²) in [5.41, 5.74) is 3.16. The molecule has 0 bridgehead atoms. The summed E-state index contributed by atoms with van der Waals surface area (Å²) >= 11 is 0. The van der Waals surface area contributed by atoms with Gasteiger partial charge in [-0.15, -0.1) is 0 Å². The summed E-state index contributed by atoms with van der Waals surface area (Å²) in [5, 5.41) is 0. The van der Waals surface area contributed by atoms with E-state index >= 15 is 0 Å². The van der Waals surface area contributed by atoms with E-state index in [4.69, 9.17) is 0 Å². The molecule has 1 nitrogen and oxygen atoms in total. The first-order valence-electron chi connectivity index (χ1n) is 5.99. The Morgan fingerprint density at radius 1 is 1.24 bits per heavy atom. The van der Waals surface area contributed by atoms with E-state index in [9.17, 15) is 4.79 Å². The molecule has 1 heteroatoms. The fraction of sp³-hybridized carbons (Fsp3) is 0.312. The van der Waals surface area contributed by atoms with Gasteiger partial charge < -0.3 is 0 Å². The standard InChI is InChI=1S/C16H18O/c1-12(2)10-11-16(3)14-7-5-4-6-13(14)8-9-15(16)17/h4-10H,11H2,1-3H3/t16-/m0/s1. The second kappa shape index (κ2) is 4.33. The fourth-order valence-corrected chi connectivity index (χ4v) is 2.25. The first-order chi connectivity index (χ1) is 8.04. The molecule has 0 N–H and O–H groups in total. The highest BCUT2D eigenvalue weighted by molar-refractivity contribution is 6.04. The van der Waals surface area contributed by atoms with Crippen molar-refractivity contribution in [3.8, 4) is 0 Å². The van der Waals surface area contributed by atoms with Crippen LogP contribution in [0.25, 0.3) is 6.08 Å². The second-order valence-corrected chi connectivity index (χ2v) is 5.10. The predicted molar refractivity (Wildman–Crippen MR) is 71.9 cm³/mol. The lowest BCUT2D eigenvalue weighted by molar-refractivity contribution is -0.119. The molecule has 1 aromatic carbocycles. The van der Waals surface area contributed by atoms with Crippen molar-refractivity contribution in [2.45, 2.75) is 32.6 Å². The zero-order chi connectivity index (χ0) is 12.5. The highest BCUT2D eigenvalue weighted by Gasteiger charge is 2.35. The lowest BCUT2D eigenvalue weighted by Crippen LogP contribution is -2.33. The van der Waals surface area contributed by atoms with Crippen molar-refractivity contribution in [1.82, 2.24) is 0 Å². The highest BCUT2D eigenvalue weighted by atomic mass is 16.1. The number of fused-ring (bicyclic) bond motifs is 1. The number of carbonyl (C=O) groups is 1. The average Bonchev–Trinajstić information content (AvgIpc) is 2.32. The smallest absolute Gasteiger partial charge is 0.166 e. The van der Waals surface area contributed by atoms with Crippen molar-refractivity contribution in [2.24, 2.45) is 0 Å². The van der Waals surface area contributed by atoms with Crippen LogP contribution in [0.1, 0.15) is 38.3 Å². The Kier molecular flexibility index (Phi) is 3.01. The molecule has 0 saturated heterocycles. The van der Waals surface area contributed by atoms with Crippen LogP contribution in [0.2, 0.25) is 0 Å². The number of carbonyl (C=O) groups excluding carboxylic acids is 1. The average molecular weight is 226 g/mol. The van der Waals surface area contributed by atoms with E-state index in [1.165, 1.54) is 5.57 Å². The third-order valence-corrected chi connectivity index (χ3v) is 3.43. The van der Waals surface area contributed by atoms with Crippen molar-refractivity contribution >= 4 is 11.9 Å². The Morgan fingerprint density at radius 2 is 1.94 bits per heavy atom. The van der Waals surface area contributed by atoms with Gasteiger partial charge in [0, 0.05) is 0 Å². The Labute approximate surface area is 103 Å². The van der Waals surface area contributed by atoms with Gasteiger partial charge in [0.25, 0.3) is 0 Å². The monoisotopic (exact) mass is 226 g/mol. The van der Waals surface area contributed by atoms with Crippen molar-refractivity contribution in [3.05, 3.63) is 53.1 Å². The van der Waals surface area contributed by atoms with Gasteiger partial charge >= 0.3 is 0 Å². The molecular formula is C16H18O. The minimum atomic E-state index is -0.400. The third-order valence-electron chi connectivity index (χ3n) is 3.43. The Balaban J connectivity index is 2.48. The van der Waals surface area contributed by atoms with Crippen LogP contribution in [0.4, 0.5) is 0 Å². The Morgan fingerprint density at radius 3 is 2.65 bits per heavy atom. The maximum atomic E-state index is 12.2. The number of benzene rings is 1. The van der Waals surface area contributed by atoms with Crippen LogP contribution in [-0.2, 0) is 10.2 Å². The van der Waals surface area contributed by atoms with Crippen LogP contribution in [-0.4, -0.2) is 5.78 Å². The fourth-order valence-electron chi connectivity index (χ4n) is 2.25. The van der Waals surface area contributed by atoms with Crippen molar-refractivity contribution in [2.75, 3.05) is 0 Å². The zero-order valence-corrected chi connectivity index (χ0v) is 10.7. The lowest BCUT2D eigenvalue weighted by Gasteiger charge is -2.30. The van der Waals surface area contributed by atoms with Gasteiger partial charge in [0.05, 0.1) is 5.41 Å². The summed E-state index contributed by atoms with van der Waals surface area (Å²) in [4.78, 5) is 12.2. The van der Waals surface area contributed by atoms with E-state index in [1.54, 1.807) is 6.08 Å². The normalized spacial score (nSPS) is 22.2. The molecule has 0 unspecified atom stereocenters. The van der Waals surface area contributed by atoms with E-state index in [1.807, 2.05) is 25.1 Å². The van der Waals surface area contributed by atoms with Crippen LogP contribution < -0.4 is 0 Å². The van der Waals surface area contributed by atoms with E-state index < -0.39 is 5.41 Å². The van der Waals surface area contributed by atoms with Gasteiger partial charge in [-0.05, 0) is 44.4 Å². The van der Waals surface area contributed by atoms with Gasteiger partial charge in [0.2, 0.25) is 0 Å². The van der Waals surface area contributed by atoms with Gasteiger partial charge in [-0.25, -0.2) is 0 Å². The molecule has 0 aliphatic heterocycles. The second-order valence-electron chi connectivity index (χ2n) is 5.10. The summed E-state index contributed by atoms with van der Waals surface area (Å²) in [6, 6.07) is 8.15. The van der Waals surface area contributed by atoms with Crippen molar-refractivity contribution < 1.29 is 4.79 Å². The SMILES string of the molecule is CC(C)=CC[C@]1(C)C(=O)C=Cc2ccccc21. The number of hydrogen-bond acceptors (Lipinski definition) is 1. The maximum absolute atomic E-state index is 12.2. The van der Waals surface area contributed by atoms with Crippen molar-refractivity contribution in [3.63, 3.8) is 0 Å². The summed E-state index contributed by atoms with van der Waals surface area (Å²) in [7, 11) is 0. The molecule has 0 heterocycles. The molecule has 0 radical (unpaired) electrons. The topological polar surface area (TPSA) is 17.1 Å². The summed E-state index contributed by atoms with van der Waals surface area (Å²) in [5.74, 6) is 0.203. The maximum Gasteiger partial charge on any atom is 0.166 e. The van der Waals surface area contributed by atoms with E-state index in [0.717, 1.165) is 17.5 Å². The van der Waals surface area contributed by atoms with Crippen LogP contribution >= 0.6 is 0 Å². The van der Waals surface area contributed by atoms with Crippen molar-refractivity contribution in [1.29, 1.82) is 0 Å². The van der Waals surface area contributed by atoms with E-state index in [0.29, 0.717) is 0 Å². The van der Waals surface area contributed by atoms with Gasteiger partial charge in [0.1, 0.15) is 0 Å². The molecule has 0 amide bonds. The summed E-state index contributed by atoms with van der Waals surface area (Å²) < 4.78 is 0. The first-order valence-corrected chi connectivity index (χ1v) is 5.99. The quantitative estimate of drug-likeness (QED) is 0.699. The highest BCUT2D eigenvalue weighted by Crippen LogP contribution is 2.36. The van der Waals surface area contributed by atoms with Crippen LogP contribution in [0, 0.1) is 0 Å². The van der Waals surface area contributed by atoms with Gasteiger partial charge in [-0.3, -0.25) is 4.79 Å². The number of allylic oxidation sites excluding steroid dienone is 3.